The summed E-state index contributed by atoms with van der Waals surface area (Å²) in [5, 5.41) is 2.26. The van der Waals surface area contributed by atoms with E-state index in [0.29, 0.717) is 19.4 Å². The van der Waals surface area contributed by atoms with E-state index in [1.165, 1.54) is 11.0 Å². The summed E-state index contributed by atoms with van der Waals surface area (Å²) >= 11 is 5.69. The molecule has 0 bridgehead atoms. The molecule has 2 rings (SSSR count). The Morgan fingerprint density at radius 1 is 1.48 bits per heavy atom. The van der Waals surface area contributed by atoms with Crippen molar-refractivity contribution in [2.24, 2.45) is 0 Å². The molecule has 0 unspecified atom stereocenters. The van der Waals surface area contributed by atoms with Gasteiger partial charge in [0.1, 0.15) is 6.04 Å². The Hall–Kier alpha value is -1.69. The fourth-order valence-corrected chi connectivity index (χ4v) is 2.63. The number of likely N-dealkylation sites (N-methyl/N-ethyl adjacent to an activating group) is 1. The van der Waals surface area contributed by atoms with Crippen molar-refractivity contribution in [3.05, 3.63) is 34.4 Å². The average Bonchev–Trinajstić information content (AvgIpc) is 2.84. The number of amides is 2. The molecule has 7 heteroatoms. The number of halogens is 3. The minimum absolute atomic E-state index is 0.0168. The zero-order chi connectivity index (χ0) is 15.6. The minimum Gasteiger partial charge on any atom is -0.350 e. The van der Waals surface area contributed by atoms with E-state index in [2.05, 4.69) is 5.32 Å². The van der Waals surface area contributed by atoms with E-state index in [0.717, 1.165) is 6.07 Å². The van der Waals surface area contributed by atoms with E-state index in [4.69, 9.17) is 11.6 Å². The fraction of sp³-hybridized carbons (Fsp3) is 0.429. The summed E-state index contributed by atoms with van der Waals surface area (Å²) in [5.74, 6) is -2.53. The number of carbonyl (C=O) groups excluding carboxylic acids is 2. The van der Waals surface area contributed by atoms with Crippen molar-refractivity contribution < 1.29 is 18.4 Å². The molecule has 0 spiro atoms. The fourth-order valence-electron chi connectivity index (χ4n) is 2.41. The van der Waals surface area contributed by atoms with Gasteiger partial charge in [-0.05, 0) is 25.0 Å². The summed E-state index contributed by atoms with van der Waals surface area (Å²) in [6.45, 7) is 2.25. The van der Waals surface area contributed by atoms with Crippen LogP contribution < -0.4 is 5.32 Å². The van der Waals surface area contributed by atoms with Gasteiger partial charge in [-0.25, -0.2) is 8.78 Å². The Bertz CT molecular complexity index is 580. The molecule has 0 aromatic heterocycles. The Morgan fingerprint density at radius 3 is 2.86 bits per heavy atom. The summed E-state index contributed by atoms with van der Waals surface area (Å²) in [5.41, 5.74) is 0.288. The Morgan fingerprint density at radius 2 is 2.19 bits per heavy atom. The lowest BCUT2D eigenvalue weighted by Crippen LogP contribution is -2.44. The first kappa shape index (κ1) is 15.7. The van der Waals surface area contributed by atoms with Gasteiger partial charge in [0.15, 0.2) is 11.6 Å². The largest absolute Gasteiger partial charge is 0.350 e. The molecular weight excluding hydrogens is 302 g/mol. The third kappa shape index (κ3) is 3.15. The maximum absolute atomic E-state index is 13.3. The van der Waals surface area contributed by atoms with Gasteiger partial charge in [-0.3, -0.25) is 9.59 Å². The van der Waals surface area contributed by atoms with Crippen molar-refractivity contribution in [3.8, 4) is 0 Å². The zero-order valence-corrected chi connectivity index (χ0v) is 12.2. The average molecular weight is 317 g/mol. The van der Waals surface area contributed by atoms with Crippen molar-refractivity contribution in [2.45, 2.75) is 32.4 Å². The monoisotopic (exact) mass is 316 g/mol. The summed E-state index contributed by atoms with van der Waals surface area (Å²) in [4.78, 5) is 25.1. The van der Waals surface area contributed by atoms with E-state index in [-0.39, 0.29) is 28.9 Å². The molecule has 1 fully saturated rings. The van der Waals surface area contributed by atoms with Crippen LogP contribution in [0.1, 0.15) is 25.3 Å². The number of nitrogens with zero attached hydrogens (tertiary/aromatic N) is 1. The van der Waals surface area contributed by atoms with Crippen molar-refractivity contribution in [2.75, 3.05) is 6.54 Å². The lowest BCUT2D eigenvalue weighted by molar-refractivity contribution is -0.135. The number of benzene rings is 1. The second-order valence-corrected chi connectivity index (χ2v) is 5.16. The smallest absolute Gasteiger partial charge is 0.243 e. The molecule has 1 aromatic carbocycles. The van der Waals surface area contributed by atoms with E-state index in [1.807, 2.05) is 0 Å². The number of carbonyl (C=O) groups is 2. The third-order valence-electron chi connectivity index (χ3n) is 3.54. The molecular formula is C14H15ClF2N2O2. The molecule has 1 atom stereocenters. The highest BCUT2D eigenvalue weighted by molar-refractivity contribution is 6.31. The van der Waals surface area contributed by atoms with Crippen LogP contribution >= 0.6 is 11.6 Å². The highest BCUT2D eigenvalue weighted by Crippen LogP contribution is 2.23. The lowest BCUT2D eigenvalue weighted by Gasteiger charge is -2.22. The van der Waals surface area contributed by atoms with Crippen molar-refractivity contribution in [1.82, 2.24) is 10.2 Å². The van der Waals surface area contributed by atoms with Crippen LogP contribution in [0, 0.1) is 11.6 Å². The van der Waals surface area contributed by atoms with Gasteiger partial charge in [-0.2, -0.15) is 0 Å². The van der Waals surface area contributed by atoms with Gasteiger partial charge >= 0.3 is 0 Å². The van der Waals surface area contributed by atoms with Gasteiger partial charge in [-0.15, -0.1) is 0 Å². The molecule has 1 N–H and O–H groups in total. The van der Waals surface area contributed by atoms with Crippen LogP contribution in [0.25, 0.3) is 0 Å². The highest BCUT2D eigenvalue weighted by Gasteiger charge is 2.34. The molecule has 114 valence electrons. The maximum atomic E-state index is 13.3. The van der Waals surface area contributed by atoms with Crippen LogP contribution in [0.4, 0.5) is 8.78 Å². The van der Waals surface area contributed by atoms with Crippen LogP contribution in [0.2, 0.25) is 5.02 Å². The molecule has 0 saturated carbocycles. The first-order chi connectivity index (χ1) is 9.95. The van der Waals surface area contributed by atoms with E-state index >= 15 is 0 Å². The first-order valence-electron chi connectivity index (χ1n) is 6.65. The molecule has 0 aliphatic carbocycles. The summed E-state index contributed by atoms with van der Waals surface area (Å²) in [6, 6.07) is 1.77. The van der Waals surface area contributed by atoms with E-state index in [1.54, 1.807) is 6.92 Å². The predicted molar refractivity (Wildman–Crippen MR) is 73.6 cm³/mol. The number of likely N-dealkylation sites (tertiary alicyclic amines) is 1. The Kier molecular flexibility index (Phi) is 4.77. The Labute approximate surface area is 126 Å². The molecule has 0 radical (unpaired) electrons. The minimum atomic E-state index is -1.13. The molecule has 2 amide bonds. The molecule has 1 heterocycles. The van der Waals surface area contributed by atoms with Crippen LogP contribution in [0.15, 0.2) is 12.1 Å². The lowest BCUT2D eigenvalue weighted by atomic mass is 10.1. The van der Waals surface area contributed by atoms with Gasteiger partial charge in [0.25, 0.3) is 0 Å². The van der Waals surface area contributed by atoms with Crippen LogP contribution in [-0.2, 0) is 16.1 Å². The normalized spacial score (nSPS) is 18.2. The number of nitrogens with one attached hydrogen (secondary N) is 1. The molecule has 4 nitrogen and oxygen atoms in total. The summed E-state index contributed by atoms with van der Waals surface area (Å²) < 4.78 is 26.3. The molecule has 1 aromatic rings. The predicted octanol–water partition coefficient (Wildman–Crippen LogP) is 2.25. The van der Waals surface area contributed by atoms with E-state index in [9.17, 15) is 18.4 Å². The standard InChI is InChI=1S/C14H15ClF2N2O2/c1-2-19-10(5-6-11(19)20)14(21)18-7-8-3-4-9(16)13(17)12(8)15/h3-4,10H,2,5-7H2,1H3,(H,18,21)/t10-/m1/s1. The van der Waals surface area contributed by atoms with Gasteiger partial charge in [0.05, 0.1) is 5.02 Å². The van der Waals surface area contributed by atoms with E-state index < -0.39 is 17.7 Å². The van der Waals surface area contributed by atoms with Gasteiger partial charge in [0, 0.05) is 19.5 Å². The number of hydrogen-bond donors (Lipinski definition) is 1. The zero-order valence-electron chi connectivity index (χ0n) is 11.5. The second-order valence-electron chi connectivity index (χ2n) is 4.79. The number of rotatable bonds is 4. The SMILES string of the molecule is CCN1C(=O)CC[C@@H]1C(=O)NCc1ccc(F)c(F)c1Cl. The molecule has 21 heavy (non-hydrogen) atoms. The maximum Gasteiger partial charge on any atom is 0.243 e. The second kappa shape index (κ2) is 6.39. The molecule has 1 saturated heterocycles. The third-order valence-corrected chi connectivity index (χ3v) is 3.95. The first-order valence-corrected chi connectivity index (χ1v) is 7.03. The van der Waals surface area contributed by atoms with Crippen molar-refractivity contribution in [3.63, 3.8) is 0 Å². The van der Waals surface area contributed by atoms with Gasteiger partial charge in [-0.1, -0.05) is 17.7 Å². The summed E-state index contributed by atoms with van der Waals surface area (Å²) in [7, 11) is 0. The molecule has 1 aliphatic rings. The van der Waals surface area contributed by atoms with Crippen LogP contribution in [0.5, 0.6) is 0 Å². The van der Waals surface area contributed by atoms with Gasteiger partial charge < -0.3 is 10.2 Å². The Balaban J connectivity index is 2.02. The van der Waals surface area contributed by atoms with Crippen LogP contribution in [0.3, 0.4) is 0 Å². The van der Waals surface area contributed by atoms with Crippen molar-refractivity contribution >= 4 is 23.4 Å². The van der Waals surface area contributed by atoms with Gasteiger partial charge in [0.2, 0.25) is 11.8 Å². The topological polar surface area (TPSA) is 49.4 Å². The van der Waals surface area contributed by atoms with Crippen molar-refractivity contribution in [1.29, 1.82) is 0 Å². The number of hydrogen-bond acceptors (Lipinski definition) is 2. The molecule has 1 aliphatic heterocycles. The highest BCUT2D eigenvalue weighted by atomic mass is 35.5. The van der Waals surface area contributed by atoms with Crippen LogP contribution in [-0.4, -0.2) is 29.3 Å². The summed E-state index contributed by atoms with van der Waals surface area (Å²) in [6.07, 6.45) is 0.807. The quantitative estimate of drug-likeness (QED) is 0.866.